The fourth-order valence-electron chi connectivity index (χ4n) is 2.46. The Morgan fingerprint density at radius 3 is 2.60 bits per heavy atom. The Morgan fingerprint density at radius 1 is 1.20 bits per heavy atom. The van der Waals surface area contributed by atoms with Crippen molar-refractivity contribution in [3.8, 4) is 5.75 Å². The van der Waals surface area contributed by atoms with Gasteiger partial charge < -0.3 is 14.6 Å². The summed E-state index contributed by atoms with van der Waals surface area (Å²) in [6, 6.07) is 12.0. The molecule has 0 aliphatic rings. The first-order chi connectivity index (χ1) is 12.1. The lowest BCUT2D eigenvalue weighted by Crippen LogP contribution is -2.31. The Bertz CT molecular complexity index is 895. The van der Waals surface area contributed by atoms with E-state index in [1.807, 2.05) is 0 Å². The number of carbonyl (C=O) groups excluding carboxylic acids is 1. The van der Waals surface area contributed by atoms with Gasteiger partial charge in [-0.2, -0.15) is 4.98 Å². The van der Waals surface area contributed by atoms with Crippen LogP contribution in [0.3, 0.4) is 0 Å². The number of hydrogen-bond donors (Lipinski definition) is 1. The molecule has 1 atom stereocenters. The third kappa shape index (κ3) is 3.50. The van der Waals surface area contributed by atoms with Crippen molar-refractivity contribution in [2.45, 2.75) is 13.0 Å². The minimum absolute atomic E-state index is 0.172. The fraction of sp³-hybridized carbons (Fsp3) is 0.167. The monoisotopic (exact) mass is 341 g/mol. The summed E-state index contributed by atoms with van der Waals surface area (Å²) in [6.45, 7) is 1.62. The molecule has 128 valence electrons. The summed E-state index contributed by atoms with van der Waals surface area (Å²) in [5.41, 5.74) is 0.568. The highest BCUT2D eigenvalue weighted by Gasteiger charge is 2.26. The van der Waals surface area contributed by atoms with Gasteiger partial charge in [0.25, 0.3) is 5.91 Å². The van der Waals surface area contributed by atoms with E-state index in [0.717, 1.165) is 0 Å². The van der Waals surface area contributed by atoms with E-state index >= 15 is 0 Å². The lowest BCUT2D eigenvalue weighted by atomic mass is 10.0. The van der Waals surface area contributed by atoms with Crippen LogP contribution in [0.5, 0.6) is 5.75 Å². The summed E-state index contributed by atoms with van der Waals surface area (Å²) in [7, 11) is 1.48. The molecule has 25 heavy (non-hydrogen) atoms. The van der Waals surface area contributed by atoms with Gasteiger partial charge in [-0.15, -0.1) is 0 Å². The second-order valence-corrected chi connectivity index (χ2v) is 5.30. The van der Waals surface area contributed by atoms with Crippen molar-refractivity contribution in [2.24, 2.45) is 0 Å². The number of aryl methyl sites for hydroxylation is 1. The topological polar surface area (TPSA) is 77.2 Å². The number of benzene rings is 2. The summed E-state index contributed by atoms with van der Waals surface area (Å²) in [5.74, 6) is -0.00580. The van der Waals surface area contributed by atoms with Gasteiger partial charge in [-0.25, -0.2) is 4.39 Å². The van der Waals surface area contributed by atoms with E-state index in [-0.39, 0.29) is 11.4 Å². The van der Waals surface area contributed by atoms with Gasteiger partial charge in [0, 0.05) is 12.5 Å². The lowest BCUT2D eigenvalue weighted by Gasteiger charge is -2.17. The third-order valence-electron chi connectivity index (χ3n) is 3.64. The van der Waals surface area contributed by atoms with Crippen molar-refractivity contribution >= 4 is 5.91 Å². The van der Waals surface area contributed by atoms with Crippen LogP contribution in [0.2, 0.25) is 0 Å². The van der Waals surface area contributed by atoms with E-state index in [9.17, 15) is 9.18 Å². The standard InChI is InChI=1S/C18H16FN3O3/c1-11-20-17(22-25-11)16(12-7-3-5-9-14(12)19)21-18(23)13-8-4-6-10-15(13)24-2/h3-10,16H,1-2H3,(H,21,23)/t16-/m1/s1. The molecule has 0 fully saturated rings. The maximum absolute atomic E-state index is 14.3. The summed E-state index contributed by atoms with van der Waals surface area (Å²) < 4.78 is 24.5. The van der Waals surface area contributed by atoms with Crippen LogP contribution in [0.25, 0.3) is 0 Å². The molecule has 0 aliphatic heterocycles. The van der Waals surface area contributed by atoms with Gasteiger partial charge >= 0.3 is 0 Å². The second kappa shape index (κ2) is 7.12. The molecule has 1 amide bonds. The van der Waals surface area contributed by atoms with Gasteiger partial charge in [-0.3, -0.25) is 4.79 Å². The normalized spacial score (nSPS) is 11.8. The van der Waals surface area contributed by atoms with Gasteiger partial charge in [0.2, 0.25) is 5.89 Å². The number of aromatic nitrogens is 2. The SMILES string of the molecule is COc1ccccc1C(=O)N[C@@H](c1noc(C)n1)c1ccccc1F. The molecule has 0 radical (unpaired) electrons. The van der Waals surface area contributed by atoms with Crippen molar-refractivity contribution in [1.29, 1.82) is 0 Å². The molecular formula is C18H16FN3O3. The second-order valence-electron chi connectivity index (χ2n) is 5.30. The molecule has 0 bridgehead atoms. The average Bonchev–Trinajstić information content (AvgIpc) is 3.06. The van der Waals surface area contributed by atoms with E-state index in [2.05, 4.69) is 15.5 Å². The third-order valence-corrected chi connectivity index (χ3v) is 3.64. The number of amides is 1. The number of halogens is 1. The molecule has 0 saturated carbocycles. The van der Waals surface area contributed by atoms with E-state index in [4.69, 9.17) is 9.26 Å². The Kier molecular flexibility index (Phi) is 4.74. The first-order valence-electron chi connectivity index (χ1n) is 7.58. The maximum Gasteiger partial charge on any atom is 0.255 e. The van der Waals surface area contributed by atoms with E-state index in [0.29, 0.717) is 17.2 Å². The van der Waals surface area contributed by atoms with Crippen molar-refractivity contribution in [1.82, 2.24) is 15.5 Å². The molecule has 0 saturated heterocycles. The molecule has 0 spiro atoms. The Hall–Kier alpha value is -3.22. The molecule has 6 nitrogen and oxygen atoms in total. The quantitative estimate of drug-likeness (QED) is 0.772. The summed E-state index contributed by atoms with van der Waals surface area (Å²) >= 11 is 0. The molecule has 2 aromatic carbocycles. The average molecular weight is 341 g/mol. The predicted octanol–water partition coefficient (Wildman–Crippen LogP) is 3.05. The van der Waals surface area contributed by atoms with Gasteiger partial charge in [0.15, 0.2) is 5.82 Å². The zero-order valence-corrected chi connectivity index (χ0v) is 13.7. The summed E-state index contributed by atoms with van der Waals surface area (Å²) in [4.78, 5) is 16.8. The molecule has 1 N–H and O–H groups in total. The molecule has 0 aliphatic carbocycles. The molecule has 1 aromatic heterocycles. The number of nitrogens with one attached hydrogen (secondary N) is 1. The summed E-state index contributed by atoms with van der Waals surface area (Å²) in [5, 5.41) is 6.57. The number of rotatable bonds is 5. The van der Waals surface area contributed by atoms with E-state index in [1.54, 1.807) is 49.4 Å². The maximum atomic E-state index is 14.3. The molecule has 1 heterocycles. The summed E-state index contributed by atoms with van der Waals surface area (Å²) in [6.07, 6.45) is 0. The van der Waals surface area contributed by atoms with Gasteiger partial charge in [0.1, 0.15) is 17.6 Å². The van der Waals surface area contributed by atoms with E-state index in [1.165, 1.54) is 13.2 Å². The Morgan fingerprint density at radius 2 is 1.92 bits per heavy atom. The van der Waals surface area contributed by atoms with Crippen molar-refractivity contribution in [3.05, 3.63) is 77.2 Å². The zero-order chi connectivity index (χ0) is 17.8. The predicted molar refractivity (Wildman–Crippen MR) is 87.7 cm³/mol. The van der Waals surface area contributed by atoms with E-state index < -0.39 is 17.8 Å². The van der Waals surface area contributed by atoms with Gasteiger partial charge in [-0.05, 0) is 18.2 Å². The van der Waals surface area contributed by atoms with Crippen LogP contribution in [0.4, 0.5) is 4.39 Å². The highest BCUT2D eigenvalue weighted by Crippen LogP contribution is 2.24. The number of nitrogens with zero attached hydrogens (tertiary/aromatic N) is 2. The molecule has 7 heteroatoms. The minimum Gasteiger partial charge on any atom is -0.496 e. The van der Waals surface area contributed by atoms with Gasteiger partial charge in [0.05, 0.1) is 12.7 Å². The Labute approximate surface area is 143 Å². The van der Waals surface area contributed by atoms with Crippen LogP contribution in [0.15, 0.2) is 53.1 Å². The van der Waals surface area contributed by atoms with Crippen molar-refractivity contribution < 1.29 is 18.4 Å². The van der Waals surface area contributed by atoms with Crippen LogP contribution < -0.4 is 10.1 Å². The van der Waals surface area contributed by atoms with Crippen LogP contribution in [-0.2, 0) is 0 Å². The number of para-hydroxylation sites is 1. The number of hydrogen-bond acceptors (Lipinski definition) is 5. The molecular weight excluding hydrogens is 325 g/mol. The first kappa shape index (κ1) is 16.6. The van der Waals surface area contributed by atoms with Crippen LogP contribution in [0.1, 0.15) is 33.7 Å². The zero-order valence-electron chi connectivity index (χ0n) is 13.7. The number of carbonyl (C=O) groups is 1. The van der Waals surface area contributed by atoms with Crippen molar-refractivity contribution in [2.75, 3.05) is 7.11 Å². The molecule has 3 rings (SSSR count). The molecule has 0 unspecified atom stereocenters. The first-order valence-corrected chi connectivity index (χ1v) is 7.58. The largest absolute Gasteiger partial charge is 0.496 e. The number of methoxy groups -OCH3 is 1. The van der Waals surface area contributed by atoms with Crippen LogP contribution in [-0.4, -0.2) is 23.2 Å². The molecule has 3 aromatic rings. The van der Waals surface area contributed by atoms with Crippen molar-refractivity contribution in [3.63, 3.8) is 0 Å². The lowest BCUT2D eigenvalue weighted by molar-refractivity contribution is 0.0937. The van der Waals surface area contributed by atoms with Gasteiger partial charge in [-0.1, -0.05) is 35.5 Å². The minimum atomic E-state index is -0.893. The highest BCUT2D eigenvalue weighted by atomic mass is 19.1. The van der Waals surface area contributed by atoms with Crippen LogP contribution in [0, 0.1) is 12.7 Å². The smallest absolute Gasteiger partial charge is 0.255 e. The highest BCUT2D eigenvalue weighted by molar-refractivity contribution is 5.97. The Balaban J connectivity index is 1.98. The number of ether oxygens (including phenoxy) is 1. The van der Waals surface area contributed by atoms with Crippen LogP contribution >= 0.6 is 0 Å². The fourth-order valence-corrected chi connectivity index (χ4v) is 2.46.